The van der Waals surface area contributed by atoms with Crippen molar-refractivity contribution in [1.82, 2.24) is 10.2 Å². The molecule has 0 bridgehead atoms. The molecule has 1 aromatic carbocycles. The minimum absolute atomic E-state index is 0.0464. The van der Waals surface area contributed by atoms with Gasteiger partial charge in [-0.05, 0) is 31.2 Å². The van der Waals surface area contributed by atoms with Crippen molar-refractivity contribution in [3.05, 3.63) is 35.9 Å². The van der Waals surface area contributed by atoms with Gasteiger partial charge in [-0.25, -0.2) is 4.79 Å². The van der Waals surface area contributed by atoms with Gasteiger partial charge in [0.2, 0.25) is 0 Å². The number of carbonyl (C=O) groups is 2. The Morgan fingerprint density at radius 3 is 2.44 bits per heavy atom. The summed E-state index contributed by atoms with van der Waals surface area (Å²) in [5, 5.41) is 13.3. The van der Waals surface area contributed by atoms with E-state index in [0.29, 0.717) is 13.0 Å². The number of likely N-dealkylation sites (tertiary alicyclic amines) is 1. The highest BCUT2D eigenvalue weighted by Gasteiger charge is 2.50. The van der Waals surface area contributed by atoms with Gasteiger partial charge in [0, 0.05) is 18.6 Å². The Balaban J connectivity index is 2.34. The number of hydrogen-bond donors (Lipinski definition) is 2. The van der Waals surface area contributed by atoms with Crippen molar-refractivity contribution in [2.75, 3.05) is 13.2 Å². The first-order chi connectivity index (χ1) is 12.7. The van der Waals surface area contributed by atoms with Gasteiger partial charge in [-0.2, -0.15) is 0 Å². The van der Waals surface area contributed by atoms with Gasteiger partial charge in [-0.1, -0.05) is 51.1 Å². The first kappa shape index (κ1) is 21.2. The van der Waals surface area contributed by atoms with Gasteiger partial charge in [0.15, 0.2) is 0 Å². The summed E-state index contributed by atoms with van der Waals surface area (Å²) in [6.07, 6.45) is -0.418. The second-order valence-electron chi connectivity index (χ2n) is 8.26. The molecule has 1 aromatic rings. The van der Waals surface area contributed by atoms with Crippen molar-refractivity contribution in [2.45, 2.75) is 59.2 Å². The highest BCUT2D eigenvalue weighted by Crippen LogP contribution is 2.37. The highest BCUT2D eigenvalue weighted by molar-refractivity contribution is 5.76. The topological polar surface area (TPSA) is 78.9 Å². The van der Waals surface area contributed by atoms with E-state index in [1.807, 2.05) is 51.1 Å². The van der Waals surface area contributed by atoms with Crippen molar-refractivity contribution < 1.29 is 19.4 Å². The van der Waals surface area contributed by atoms with Crippen LogP contribution in [0.1, 0.15) is 52.6 Å². The van der Waals surface area contributed by atoms with E-state index < -0.39 is 23.5 Å². The van der Waals surface area contributed by atoms with Crippen LogP contribution in [0.5, 0.6) is 0 Å². The fourth-order valence-corrected chi connectivity index (χ4v) is 4.11. The third-order valence-electron chi connectivity index (χ3n) is 5.25. The zero-order chi connectivity index (χ0) is 20.2. The molecule has 27 heavy (non-hydrogen) atoms. The molecule has 0 saturated carbocycles. The normalized spacial score (nSPS) is 24.3. The number of amides is 1. The molecule has 1 heterocycles. The molecule has 1 saturated heterocycles. The predicted molar refractivity (Wildman–Crippen MR) is 104 cm³/mol. The van der Waals surface area contributed by atoms with E-state index in [-0.39, 0.29) is 24.7 Å². The van der Waals surface area contributed by atoms with E-state index in [1.165, 1.54) is 4.90 Å². The maximum atomic E-state index is 12.9. The van der Waals surface area contributed by atoms with Crippen molar-refractivity contribution in [1.29, 1.82) is 0 Å². The molecule has 2 rings (SSSR count). The Kier molecular flexibility index (Phi) is 6.87. The third-order valence-corrected chi connectivity index (χ3v) is 5.25. The maximum Gasteiger partial charge on any atom is 0.407 e. The van der Waals surface area contributed by atoms with Crippen LogP contribution in [0.25, 0.3) is 0 Å². The zero-order valence-corrected chi connectivity index (χ0v) is 16.9. The molecule has 1 aliphatic rings. The fourth-order valence-electron chi connectivity index (χ4n) is 4.11. The van der Waals surface area contributed by atoms with E-state index in [2.05, 4.69) is 12.2 Å². The number of nitrogens with one attached hydrogen (secondary N) is 1. The molecule has 1 unspecified atom stereocenters. The lowest BCUT2D eigenvalue weighted by Crippen LogP contribution is -2.63. The van der Waals surface area contributed by atoms with Gasteiger partial charge in [0.25, 0.3) is 0 Å². The van der Waals surface area contributed by atoms with Crippen molar-refractivity contribution in [3.8, 4) is 0 Å². The number of hydrogen-bond acceptors (Lipinski definition) is 4. The second kappa shape index (κ2) is 8.74. The Morgan fingerprint density at radius 1 is 1.30 bits per heavy atom. The Labute approximate surface area is 161 Å². The summed E-state index contributed by atoms with van der Waals surface area (Å²) in [5.74, 6) is -0.887. The lowest BCUT2D eigenvalue weighted by molar-refractivity contribution is -0.156. The monoisotopic (exact) mass is 376 g/mol. The number of nitrogens with zero attached hydrogens (tertiary/aromatic N) is 1. The molecule has 1 aliphatic heterocycles. The van der Waals surface area contributed by atoms with Gasteiger partial charge >= 0.3 is 12.1 Å². The number of ether oxygens (including phenoxy) is 1. The van der Waals surface area contributed by atoms with Gasteiger partial charge in [0.1, 0.15) is 0 Å². The molecule has 150 valence electrons. The fraction of sp³-hybridized carbons (Fsp3) is 0.619. The predicted octanol–water partition coefficient (Wildman–Crippen LogP) is 3.68. The Hall–Kier alpha value is -2.08. The molecule has 1 amide bonds. The lowest BCUT2D eigenvalue weighted by atomic mass is 9.71. The number of carbonyl (C=O) groups excluding carboxylic acids is 1. The molecule has 6 nitrogen and oxygen atoms in total. The van der Waals surface area contributed by atoms with Gasteiger partial charge in [0.05, 0.1) is 18.6 Å². The van der Waals surface area contributed by atoms with Crippen LogP contribution in [-0.2, 0) is 9.53 Å². The van der Waals surface area contributed by atoms with E-state index in [9.17, 15) is 14.7 Å². The lowest BCUT2D eigenvalue weighted by Gasteiger charge is -2.49. The molecule has 6 heteroatoms. The van der Waals surface area contributed by atoms with Crippen LogP contribution in [0.15, 0.2) is 30.3 Å². The third kappa shape index (κ3) is 5.01. The van der Waals surface area contributed by atoms with Crippen molar-refractivity contribution in [2.24, 2.45) is 11.3 Å². The molecular formula is C21H32N2O4. The number of piperidine rings is 1. The largest absolute Gasteiger partial charge is 0.466 e. The standard InChI is InChI=1S/C21H32N2O4/c1-6-27-19(24)17-16(22-14(2)15-10-8-7-9-11-15)12-13-23(20(25)26)18(17)21(3,4)5/h7-11,14,16-18,22H,6,12-13H2,1-5H3,(H,25,26)/t14-,16-,17+,18?/m1/s1. The summed E-state index contributed by atoms with van der Waals surface area (Å²) in [6.45, 7) is 10.4. The van der Waals surface area contributed by atoms with Gasteiger partial charge in [-0.15, -0.1) is 0 Å². The average molecular weight is 376 g/mol. The molecule has 2 N–H and O–H groups in total. The van der Waals surface area contributed by atoms with Crippen LogP contribution in [0.2, 0.25) is 0 Å². The number of benzene rings is 1. The van der Waals surface area contributed by atoms with E-state index >= 15 is 0 Å². The molecule has 0 spiro atoms. The Morgan fingerprint density at radius 2 is 1.93 bits per heavy atom. The summed E-state index contributed by atoms with van der Waals surface area (Å²) < 4.78 is 5.35. The minimum atomic E-state index is -0.987. The SMILES string of the molecule is CCOC(=O)[C@@H]1C(C(C)(C)C)N(C(=O)O)CC[C@H]1N[C@H](C)c1ccccc1. The first-order valence-electron chi connectivity index (χ1n) is 9.64. The molecule has 4 atom stereocenters. The van der Waals surface area contributed by atoms with E-state index in [0.717, 1.165) is 5.56 Å². The van der Waals surface area contributed by atoms with Gasteiger partial charge < -0.3 is 20.1 Å². The van der Waals surface area contributed by atoms with Crippen molar-refractivity contribution in [3.63, 3.8) is 0 Å². The Bertz CT molecular complexity index is 641. The highest BCUT2D eigenvalue weighted by atomic mass is 16.5. The number of esters is 1. The van der Waals surface area contributed by atoms with Crippen LogP contribution < -0.4 is 5.32 Å². The van der Waals surface area contributed by atoms with Gasteiger partial charge in [-0.3, -0.25) is 4.79 Å². The van der Waals surface area contributed by atoms with Crippen LogP contribution in [0, 0.1) is 11.3 Å². The summed E-state index contributed by atoms with van der Waals surface area (Å²) >= 11 is 0. The van der Waals surface area contributed by atoms with E-state index in [1.54, 1.807) is 6.92 Å². The smallest absolute Gasteiger partial charge is 0.407 e. The zero-order valence-electron chi connectivity index (χ0n) is 16.9. The maximum absolute atomic E-state index is 12.9. The minimum Gasteiger partial charge on any atom is -0.466 e. The van der Waals surface area contributed by atoms with Crippen LogP contribution in [0.3, 0.4) is 0 Å². The summed E-state index contributed by atoms with van der Waals surface area (Å²) in [7, 11) is 0. The molecule has 0 radical (unpaired) electrons. The average Bonchev–Trinajstić information content (AvgIpc) is 2.61. The van der Waals surface area contributed by atoms with Crippen molar-refractivity contribution >= 4 is 12.1 Å². The van der Waals surface area contributed by atoms with Crippen LogP contribution >= 0.6 is 0 Å². The second-order valence-corrected chi connectivity index (χ2v) is 8.26. The summed E-state index contributed by atoms with van der Waals surface area (Å²) in [6, 6.07) is 9.48. The number of carboxylic acid groups (broad SMARTS) is 1. The van der Waals surface area contributed by atoms with Crippen LogP contribution in [-0.4, -0.2) is 47.3 Å². The molecule has 0 aliphatic carbocycles. The molecule has 0 aromatic heterocycles. The molecule has 1 fully saturated rings. The van der Waals surface area contributed by atoms with E-state index in [4.69, 9.17) is 4.74 Å². The summed E-state index contributed by atoms with van der Waals surface area (Å²) in [4.78, 5) is 26.1. The first-order valence-corrected chi connectivity index (χ1v) is 9.64. The molecular weight excluding hydrogens is 344 g/mol. The summed E-state index contributed by atoms with van der Waals surface area (Å²) in [5.41, 5.74) is 0.736. The quantitative estimate of drug-likeness (QED) is 0.767. The number of rotatable bonds is 5. The van der Waals surface area contributed by atoms with Crippen LogP contribution in [0.4, 0.5) is 4.79 Å².